The van der Waals surface area contributed by atoms with Gasteiger partial charge in [-0.2, -0.15) is 0 Å². The van der Waals surface area contributed by atoms with Gasteiger partial charge in [-0.25, -0.2) is 0 Å². The Morgan fingerprint density at radius 2 is 2.14 bits per heavy atom. The molecule has 1 rings (SSSR count). The summed E-state index contributed by atoms with van der Waals surface area (Å²) in [6.45, 7) is 0. The lowest BCUT2D eigenvalue weighted by Crippen LogP contribution is -2.06. The molecule has 0 atom stereocenters. The lowest BCUT2D eigenvalue weighted by atomic mass is 10.1. The Hall–Kier alpha value is -1.79. The number of rotatable bonds is 1. The monoisotopic (exact) mass is 207 g/mol. The molecule has 0 unspecified atom stereocenters. The molecule has 0 saturated carbocycles. The third-order valence-electron chi connectivity index (χ3n) is 1.39. The van der Waals surface area contributed by atoms with E-state index in [0.29, 0.717) is 22.4 Å². The van der Waals surface area contributed by atoms with E-state index in [1.54, 1.807) is 6.07 Å². The summed E-state index contributed by atoms with van der Waals surface area (Å²) in [5, 5.41) is 0.392. The second kappa shape index (κ2) is 4.45. The number of amides is 1. The quantitative estimate of drug-likeness (QED) is 0.552. The van der Waals surface area contributed by atoms with Gasteiger partial charge in [0.1, 0.15) is 6.29 Å². The van der Waals surface area contributed by atoms with Gasteiger partial charge in [-0.15, -0.1) is 0 Å². The minimum absolute atomic E-state index is 0.392. The van der Waals surface area contributed by atoms with Gasteiger partial charge in [0.2, 0.25) is 0 Å². The maximum Gasteiger partial charge on any atom is 0.293 e. The van der Waals surface area contributed by atoms with Crippen molar-refractivity contribution in [3.8, 4) is 11.8 Å². The number of hydrogen-bond donors (Lipinski definition) is 1. The number of aldehydes is 1. The molecule has 2 N–H and O–H groups in total. The second-order valence-corrected chi connectivity index (χ2v) is 2.94. The zero-order valence-electron chi connectivity index (χ0n) is 7.08. The fourth-order valence-corrected chi connectivity index (χ4v) is 1.13. The van der Waals surface area contributed by atoms with Crippen LogP contribution in [0.5, 0.6) is 0 Å². The molecule has 14 heavy (non-hydrogen) atoms. The molecule has 1 aromatic carbocycles. The number of halogens is 1. The number of hydrogen-bond acceptors (Lipinski definition) is 2. The molecule has 0 aromatic heterocycles. The van der Waals surface area contributed by atoms with E-state index in [2.05, 4.69) is 11.8 Å². The van der Waals surface area contributed by atoms with Crippen LogP contribution >= 0.6 is 11.6 Å². The van der Waals surface area contributed by atoms with Crippen LogP contribution in [0.1, 0.15) is 15.9 Å². The zero-order valence-corrected chi connectivity index (χ0v) is 7.84. The van der Waals surface area contributed by atoms with E-state index in [4.69, 9.17) is 17.3 Å². The van der Waals surface area contributed by atoms with Gasteiger partial charge in [-0.3, -0.25) is 9.59 Å². The minimum atomic E-state index is -0.724. The van der Waals surface area contributed by atoms with Crippen LogP contribution in [0, 0.1) is 11.8 Å². The van der Waals surface area contributed by atoms with E-state index in [1.165, 1.54) is 12.1 Å². The van der Waals surface area contributed by atoms with Crippen LogP contribution in [-0.2, 0) is 4.79 Å². The normalized spacial score (nSPS) is 8.64. The number of benzene rings is 1. The molecule has 1 aromatic rings. The molecule has 70 valence electrons. The number of carbonyl (C=O) groups is 2. The minimum Gasteiger partial charge on any atom is -0.359 e. The molecule has 0 aliphatic carbocycles. The third kappa shape index (κ3) is 2.92. The molecule has 0 saturated heterocycles. The van der Waals surface area contributed by atoms with Crippen LogP contribution in [0.25, 0.3) is 0 Å². The first-order valence-corrected chi connectivity index (χ1v) is 4.07. The van der Waals surface area contributed by atoms with Gasteiger partial charge >= 0.3 is 0 Å². The molecule has 0 fully saturated rings. The lowest BCUT2D eigenvalue weighted by Gasteiger charge is -1.94. The molecular weight excluding hydrogens is 202 g/mol. The van der Waals surface area contributed by atoms with Crippen LogP contribution < -0.4 is 5.73 Å². The van der Waals surface area contributed by atoms with Crippen LogP contribution in [0.2, 0.25) is 5.02 Å². The molecule has 4 heteroatoms. The first kappa shape index (κ1) is 10.3. The fourth-order valence-electron chi connectivity index (χ4n) is 0.886. The molecule has 0 aliphatic heterocycles. The molecule has 0 aliphatic rings. The van der Waals surface area contributed by atoms with E-state index in [-0.39, 0.29) is 0 Å². The van der Waals surface area contributed by atoms with Crippen molar-refractivity contribution in [1.82, 2.24) is 0 Å². The summed E-state index contributed by atoms with van der Waals surface area (Å²) in [6, 6.07) is 4.57. The summed E-state index contributed by atoms with van der Waals surface area (Å²) in [4.78, 5) is 20.8. The van der Waals surface area contributed by atoms with Gasteiger partial charge in [0.05, 0.1) is 0 Å². The predicted molar refractivity (Wildman–Crippen MR) is 52.9 cm³/mol. The first-order chi connectivity index (χ1) is 6.61. The van der Waals surface area contributed by atoms with Gasteiger partial charge in [0, 0.05) is 16.1 Å². The summed E-state index contributed by atoms with van der Waals surface area (Å²) in [7, 11) is 0. The summed E-state index contributed by atoms with van der Waals surface area (Å²) in [5.41, 5.74) is 5.73. The Bertz CT molecular complexity index is 443. The average Bonchev–Trinajstić information content (AvgIpc) is 2.14. The van der Waals surface area contributed by atoms with Crippen molar-refractivity contribution in [1.29, 1.82) is 0 Å². The number of carbonyl (C=O) groups excluding carboxylic acids is 2. The predicted octanol–water partition coefficient (Wildman–Crippen LogP) is 0.989. The highest BCUT2D eigenvalue weighted by Crippen LogP contribution is 2.13. The maximum atomic E-state index is 10.5. The van der Waals surface area contributed by atoms with Crippen molar-refractivity contribution in [2.24, 2.45) is 5.73 Å². The Kier molecular flexibility index (Phi) is 3.27. The van der Waals surface area contributed by atoms with Crippen molar-refractivity contribution >= 4 is 23.8 Å². The van der Waals surface area contributed by atoms with E-state index < -0.39 is 5.91 Å². The van der Waals surface area contributed by atoms with Crippen LogP contribution in [0.15, 0.2) is 18.2 Å². The molecule has 0 radical (unpaired) electrons. The Labute approximate surface area is 85.9 Å². The van der Waals surface area contributed by atoms with Gasteiger partial charge in [-0.1, -0.05) is 17.5 Å². The highest BCUT2D eigenvalue weighted by atomic mass is 35.5. The summed E-state index contributed by atoms with van der Waals surface area (Å²) in [6.07, 6.45) is 0.654. The standard InChI is InChI=1S/C10H6ClNO2/c11-9-4-7(1-2-10(12)14)3-8(5-9)6-13/h3-6H,(H2,12,14). The highest BCUT2D eigenvalue weighted by molar-refractivity contribution is 6.31. The Morgan fingerprint density at radius 3 is 2.71 bits per heavy atom. The fraction of sp³-hybridized carbons (Fsp3) is 0. The van der Waals surface area contributed by atoms with Gasteiger partial charge < -0.3 is 5.73 Å². The maximum absolute atomic E-state index is 10.5. The molecular formula is C10H6ClNO2. The van der Waals surface area contributed by atoms with Crippen molar-refractivity contribution in [3.63, 3.8) is 0 Å². The lowest BCUT2D eigenvalue weighted by molar-refractivity contribution is -0.112. The van der Waals surface area contributed by atoms with Gasteiger partial charge in [-0.05, 0) is 24.1 Å². The molecule has 3 nitrogen and oxygen atoms in total. The van der Waals surface area contributed by atoms with E-state index in [9.17, 15) is 9.59 Å². The van der Waals surface area contributed by atoms with Crippen molar-refractivity contribution in [2.75, 3.05) is 0 Å². The summed E-state index contributed by atoms with van der Waals surface area (Å²) in [5.74, 6) is 3.92. The second-order valence-electron chi connectivity index (χ2n) is 2.51. The smallest absolute Gasteiger partial charge is 0.293 e. The number of nitrogens with two attached hydrogens (primary N) is 1. The van der Waals surface area contributed by atoms with E-state index in [0.717, 1.165) is 0 Å². The van der Waals surface area contributed by atoms with Gasteiger partial charge in [0.15, 0.2) is 0 Å². The van der Waals surface area contributed by atoms with Crippen molar-refractivity contribution in [2.45, 2.75) is 0 Å². The highest BCUT2D eigenvalue weighted by Gasteiger charge is 1.96. The Balaban J connectivity index is 3.11. The SMILES string of the molecule is NC(=O)C#Cc1cc(Cl)cc(C=O)c1. The average molecular weight is 208 g/mol. The molecule has 0 heterocycles. The summed E-state index contributed by atoms with van der Waals surface area (Å²) < 4.78 is 0. The van der Waals surface area contributed by atoms with Crippen molar-refractivity contribution in [3.05, 3.63) is 34.3 Å². The number of primary amides is 1. The Morgan fingerprint density at radius 1 is 1.43 bits per heavy atom. The van der Waals surface area contributed by atoms with Crippen LogP contribution in [0.3, 0.4) is 0 Å². The van der Waals surface area contributed by atoms with Crippen LogP contribution in [-0.4, -0.2) is 12.2 Å². The van der Waals surface area contributed by atoms with E-state index in [1.807, 2.05) is 0 Å². The first-order valence-electron chi connectivity index (χ1n) is 3.69. The summed E-state index contributed by atoms with van der Waals surface area (Å²) >= 11 is 5.70. The largest absolute Gasteiger partial charge is 0.359 e. The molecule has 0 spiro atoms. The van der Waals surface area contributed by atoms with Gasteiger partial charge in [0.25, 0.3) is 5.91 Å². The topological polar surface area (TPSA) is 60.2 Å². The molecule has 1 amide bonds. The van der Waals surface area contributed by atoms with E-state index >= 15 is 0 Å². The van der Waals surface area contributed by atoms with Crippen molar-refractivity contribution < 1.29 is 9.59 Å². The zero-order chi connectivity index (χ0) is 10.6. The third-order valence-corrected chi connectivity index (χ3v) is 1.60. The molecule has 0 bridgehead atoms. The van der Waals surface area contributed by atoms with Crippen LogP contribution in [0.4, 0.5) is 0 Å².